The molecule has 166 valence electrons. The minimum Gasteiger partial charge on any atom is -0.502 e. The summed E-state index contributed by atoms with van der Waals surface area (Å²) in [6, 6.07) is 47.6. The number of benzene rings is 5. The predicted molar refractivity (Wildman–Crippen MR) is 143 cm³/mol. The van der Waals surface area contributed by atoms with Gasteiger partial charge in [0.25, 0.3) is 5.69 Å². The summed E-state index contributed by atoms with van der Waals surface area (Å²) in [5, 5.41) is 13.4. The highest BCUT2D eigenvalue weighted by Crippen LogP contribution is 2.35. The van der Waals surface area contributed by atoms with Gasteiger partial charge in [0.2, 0.25) is 11.4 Å². The van der Waals surface area contributed by atoms with Crippen LogP contribution in [0.4, 0.5) is 0 Å². The Hall–Kier alpha value is -4.69. The average Bonchev–Trinajstić information content (AvgIpc) is 2.94. The molecule has 2 nitrogen and oxygen atoms in total. The van der Waals surface area contributed by atoms with Gasteiger partial charge in [-0.2, -0.15) is 0 Å². The Morgan fingerprint density at radius 3 is 1.49 bits per heavy atom. The van der Waals surface area contributed by atoms with E-state index in [-0.39, 0.29) is 5.75 Å². The molecule has 1 aromatic heterocycles. The van der Waals surface area contributed by atoms with Crippen molar-refractivity contribution in [3.63, 3.8) is 0 Å². The van der Waals surface area contributed by atoms with Crippen molar-refractivity contribution in [2.45, 2.75) is 0 Å². The number of rotatable bonds is 4. The van der Waals surface area contributed by atoms with E-state index in [0.717, 1.165) is 50.1 Å². The number of pyridine rings is 1. The summed E-state index contributed by atoms with van der Waals surface area (Å²) >= 11 is 0. The molecule has 6 rings (SSSR count). The van der Waals surface area contributed by atoms with Gasteiger partial charge in [0, 0.05) is 23.3 Å². The number of fused-ring (bicyclic) bond motifs is 1. The van der Waals surface area contributed by atoms with Gasteiger partial charge in [0.1, 0.15) is 0 Å². The van der Waals surface area contributed by atoms with Gasteiger partial charge in [-0.1, -0.05) is 91.0 Å². The number of nitrogens with zero attached hydrogens (tertiary/aromatic N) is 1. The molecule has 35 heavy (non-hydrogen) atoms. The molecule has 0 saturated heterocycles. The lowest BCUT2D eigenvalue weighted by Gasteiger charge is -2.14. The number of phenols is 1. The monoisotopic (exact) mass is 450 g/mol. The molecule has 0 aliphatic heterocycles. The summed E-state index contributed by atoms with van der Waals surface area (Å²) in [5.74, 6) is 0.246. The maximum atomic E-state index is 11.3. The Labute approximate surface area is 205 Å². The van der Waals surface area contributed by atoms with Gasteiger partial charge in [-0.25, -0.2) is 0 Å². The van der Waals surface area contributed by atoms with Gasteiger partial charge in [0.15, 0.2) is 5.75 Å². The third-order valence-electron chi connectivity index (χ3n) is 6.42. The minimum atomic E-state index is 0.246. The molecule has 0 atom stereocenters. The van der Waals surface area contributed by atoms with Crippen molar-refractivity contribution in [2.24, 2.45) is 0 Å². The zero-order valence-electron chi connectivity index (χ0n) is 19.2. The quantitative estimate of drug-likeness (QED) is 0.272. The summed E-state index contributed by atoms with van der Waals surface area (Å²) in [5.41, 5.74) is 7.23. The number of aromatic nitrogens is 1. The molecule has 0 spiro atoms. The molecule has 6 aromatic rings. The lowest BCUT2D eigenvalue weighted by molar-refractivity contribution is -0.570. The van der Waals surface area contributed by atoms with Crippen LogP contribution in [0.5, 0.6) is 5.75 Å². The van der Waals surface area contributed by atoms with E-state index in [2.05, 4.69) is 102 Å². The molecule has 0 aliphatic carbocycles. The Morgan fingerprint density at radius 1 is 0.429 bits per heavy atom. The van der Waals surface area contributed by atoms with E-state index < -0.39 is 0 Å². The van der Waals surface area contributed by atoms with Crippen LogP contribution in [-0.4, -0.2) is 5.11 Å². The summed E-state index contributed by atoms with van der Waals surface area (Å²) in [4.78, 5) is 0. The Morgan fingerprint density at radius 2 is 0.914 bits per heavy atom. The van der Waals surface area contributed by atoms with E-state index >= 15 is 0 Å². The van der Waals surface area contributed by atoms with Crippen molar-refractivity contribution in [1.82, 2.24) is 0 Å². The largest absolute Gasteiger partial charge is 0.502 e. The van der Waals surface area contributed by atoms with Crippen molar-refractivity contribution < 1.29 is 9.67 Å². The Kier molecular flexibility index (Phi) is 5.32. The molecule has 0 radical (unpaired) electrons. The van der Waals surface area contributed by atoms with Gasteiger partial charge >= 0.3 is 0 Å². The summed E-state index contributed by atoms with van der Waals surface area (Å²) in [6.07, 6.45) is 0. The Balaban J connectivity index is 1.79. The predicted octanol–water partition coefficient (Wildman–Crippen LogP) is 7.82. The fraction of sp³-hybridized carbons (Fsp3) is 0. The van der Waals surface area contributed by atoms with Crippen LogP contribution in [-0.2, 0) is 0 Å². The third kappa shape index (κ3) is 3.85. The van der Waals surface area contributed by atoms with Crippen molar-refractivity contribution >= 4 is 10.8 Å². The molecule has 0 fully saturated rings. The number of phenolic OH excluding ortho intramolecular Hbond substituents is 1. The average molecular weight is 451 g/mol. The van der Waals surface area contributed by atoms with Gasteiger partial charge < -0.3 is 5.11 Å². The van der Waals surface area contributed by atoms with Gasteiger partial charge in [0.05, 0.1) is 5.39 Å². The minimum absolute atomic E-state index is 0.246. The van der Waals surface area contributed by atoms with Crippen LogP contribution >= 0.6 is 0 Å². The highest BCUT2D eigenvalue weighted by Gasteiger charge is 2.28. The van der Waals surface area contributed by atoms with E-state index in [1.165, 1.54) is 0 Å². The lowest BCUT2D eigenvalue weighted by Crippen LogP contribution is -2.36. The third-order valence-corrected chi connectivity index (χ3v) is 6.42. The molecule has 1 heterocycles. The first-order valence-electron chi connectivity index (χ1n) is 11.8. The van der Waals surface area contributed by atoms with Crippen molar-refractivity contribution in [3.05, 3.63) is 140 Å². The van der Waals surface area contributed by atoms with Crippen molar-refractivity contribution in [2.75, 3.05) is 0 Å². The first kappa shape index (κ1) is 20.9. The van der Waals surface area contributed by atoms with Gasteiger partial charge in [-0.3, -0.25) is 0 Å². The van der Waals surface area contributed by atoms with E-state index in [1.54, 1.807) is 6.07 Å². The van der Waals surface area contributed by atoms with Crippen molar-refractivity contribution in [1.29, 1.82) is 0 Å². The normalized spacial score (nSPS) is 11.0. The molecule has 0 saturated carbocycles. The zero-order chi connectivity index (χ0) is 23.6. The van der Waals surface area contributed by atoms with E-state index in [9.17, 15) is 5.11 Å². The van der Waals surface area contributed by atoms with E-state index in [1.807, 2.05) is 36.4 Å². The van der Waals surface area contributed by atoms with E-state index in [0.29, 0.717) is 0 Å². The lowest BCUT2D eigenvalue weighted by atomic mass is 9.97. The fourth-order valence-corrected chi connectivity index (χ4v) is 4.75. The molecule has 5 aromatic carbocycles. The highest BCUT2D eigenvalue weighted by atomic mass is 16.3. The smallest absolute Gasteiger partial charge is 0.261 e. The van der Waals surface area contributed by atoms with Crippen LogP contribution in [0.1, 0.15) is 0 Å². The zero-order valence-corrected chi connectivity index (χ0v) is 19.2. The maximum Gasteiger partial charge on any atom is 0.261 e. The topological polar surface area (TPSA) is 24.1 Å². The number of aromatic hydroxyl groups is 1. The summed E-state index contributed by atoms with van der Waals surface area (Å²) < 4.78 is 2.20. The molecule has 0 unspecified atom stereocenters. The molecule has 0 bridgehead atoms. The van der Waals surface area contributed by atoms with E-state index in [4.69, 9.17) is 0 Å². The second-order valence-corrected chi connectivity index (χ2v) is 8.60. The molecule has 0 amide bonds. The van der Waals surface area contributed by atoms with Crippen LogP contribution in [0.3, 0.4) is 0 Å². The van der Waals surface area contributed by atoms with Crippen LogP contribution < -0.4 is 4.57 Å². The molecular formula is C33H24NO+. The Bertz CT molecular complexity index is 1560. The summed E-state index contributed by atoms with van der Waals surface area (Å²) in [6.45, 7) is 0. The van der Waals surface area contributed by atoms with Crippen molar-refractivity contribution in [3.8, 4) is 45.1 Å². The molecule has 0 aliphatic rings. The summed E-state index contributed by atoms with van der Waals surface area (Å²) in [7, 11) is 0. The molecule has 1 N–H and O–H groups in total. The van der Waals surface area contributed by atoms with Crippen LogP contribution in [0.25, 0.3) is 50.1 Å². The number of hydrogen-bond acceptors (Lipinski definition) is 1. The second-order valence-electron chi connectivity index (χ2n) is 8.60. The SMILES string of the molecule is Oc1ccc2ccccc2c1-[n+]1c(-c2ccccc2)cc(-c2ccccc2)cc1-c1ccccc1. The maximum absolute atomic E-state index is 11.3. The molecule has 2 heteroatoms. The van der Waals surface area contributed by atoms with Gasteiger partial charge in [-0.15, -0.1) is 4.57 Å². The first-order valence-corrected chi connectivity index (χ1v) is 11.8. The standard InChI is InChI=1S/C33H23NO/c35-32-21-20-25-14-10-11-19-29(25)33(32)34-30(26-15-6-2-7-16-26)22-28(24-12-4-1-5-13-24)23-31(34)27-17-8-3-9-18-27/h1-23H/p+1. The fourth-order valence-electron chi connectivity index (χ4n) is 4.75. The van der Waals surface area contributed by atoms with Crippen LogP contribution in [0, 0.1) is 0 Å². The number of hydrogen-bond donors (Lipinski definition) is 1. The highest BCUT2D eigenvalue weighted by molar-refractivity contribution is 5.91. The second kappa shape index (κ2) is 8.92. The van der Waals surface area contributed by atoms with Gasteiger partial charge in [-0.05, 0) is 52.9 Å². The first-order chi connectivity index (χ1) is 17.3. The molecular weight excluding hydrogens is 426 g/mol. The van der Waals surface area contributed by atoms with Crippen LogP contribution in [0.2, 0.25) is 0 Å². The van der Waals surface area contributed by atoms with Crippen LogP contribution in [0.15, 0.2) is 140 Å².